The zero-order chi connectivity index (χ0) is 18.6. The van der Waals surface area contributed by atoms with E-state index in [-0.39, 0.29) is 6.03 Å². The summed E-state index contributed by atoms with van der Waals surface area (Å²) in [6.07, 6.45) is 8.57. The van der Waals surface area contributed by atoms with E-state index >= 15 is 0 Å². The molecular formula is C21H23N5O. The predicted molar refractivity (Wildman–Crippen MR) is 106 cm³/mol. The van der Waals surface area contributed by atoms with Crippen molar-refractivity contribution in [1.82, 2.24) is 20.2 Å². The molecule has 1 aromatic carbocycles. The summed E-state index contributed by atoms with van der Waals surface area (Å²) >= 11 is 0. The highest BCUT2D eigenvalue weighted by molar-refractivity contribution is 6.00. The Bertz CT molecular complexity index is 873. The van der Waals surface area contributed by atoms with Gasteiger partial charge >= 0.3 is 6.03 Å². The highest BCUT2D eigenvalue weighted by Gasteiger charge is 2.28. The third kappa shape index (κ3) is 3.74. The number of carbonyl (C=O) groups is 1. The third-order valence-corrected chi connectivity index (χ3v) is 5.21. The van der Waals surface area contributed by atoms with Crippen molar-refractivity contribution in [3.05, 3.63) is 54.5 Å². The number of hydrogen-bond acceptors (Lipinski definition) is 4. The molecule has 4 rings (SSSR count). The number of allylic oxidation sites excluding steroid dienone is 1. The Morgan fingerprint density at radius 2 is 1.93 bits per heavy atom. The van der Waals surface area contributed by atoms with Gasteiger partial charge in [-0.2, -0.15) is 0 Å². The number of urea groups is 1. The number of aliphatic imine (C=N–C) groups is 1. The summed E-state index contributed by atoms with van der Waals surface area (Å²) < 4.78 is 0. The molecule has 0 spiro atoms. The molecular weight excluding hydrogens is 338 g/mol. The van der Waals surface area contributed by atoms with Crippen LogP contribution in [0.3, 0.4) is 0 Å². The van der Waals surface area contributed by atoms with E-state index < -0.39 is 0 Å². The number of piperidine rings is 1. The molecule has 2 aliphatic rings. The molecule has 0 radical (unpaired) electrons. The van der Waals surface area contributed by atoms with E-state index in [1.807, 2.05) is 53.8 Å². The molecule has 2 aromatic rings. The molecule has 1 saturated heterocycles. The lowest BCUT2D eigenvalue weighted by atomic mass is 9.90. The zero-order valence-electron chi connectivity index (χ0n) is 15.4. The van der Waals surface area contributed by atoms with Crippen molar-refractivity contribution in [2.24, 2.45) is 10.9 Å². The molecule has 1 N–H and O–H groups in total. The molecule has 6 heteroatoms. The molecule has 2 amide bonds. The van der Waals surface area contributed by atoms with Gasteiger partial charge in [0, 0.05) is 67.9 Å². The summed E-state index contributed by atoms with van der Waals surface area (Å²) in [5.74, 6) is 1.06. The Morgan fingerprint density at radius 3 is 2.67 bits per heavy atom. The Kier molecular flexibility index (Phi) is 4.96. The quantitative estimate of drug-likeness (QED) is 0.911. The predicted octanol–water partition coefficient (Wildman–Crippen LogP) is 3.38. The summed E-state index contributed by atoms with van der Waals surface area (Å²) in [4.78, 5) is 27.5. The van der Waals surface area contributed by atoms with Crippen molar-refractivity contribution < 1.29 is 4.79 Å². The van der Waals surface area contributed by atoms with Crippen LogP contribution in [0.15, 0.2) is 53.9 Å². The van der Waals surface area contributed by atoms with Crippen molar-refractivity contribution in [2.75, 3.05) is 20.1 Å². The number of amides is 2. The molecule has 1 aromatic heterocycles. The van der Waals surface area contributed by atoms with Crippen LogP contribution in [0.2, 0.25) is 0 Å². The summed E-state index contributed by atoms with van der Waals surface area (Å²) in [6.45, 7) is 1.56. The summed E-state index contributed by atoms with van der Waals surface area (Å²) in [7, 11) is 1.68. The number of aromatic nitrogens is 2. The number of rotatable bonds is 3. The van der Waals surface area contributed by atoms with E-state index in [1.165, 1.54) is 0 Å². The second-order valence-corrected chi connectivity index (χ2v) is 6.95. The van der Waals surface area contributed by atoms with Crippen molar-refractivity contribution in [2.45, 2.75) is 19.3 Å². The van der Waals surface area contributed by atoms with Crippen LogP contribution >= 0.6 is 0 Å². The lowest BCUT2D eigenvalue weighted by molar-refractivity contribution is 0.180. The fraction of sp³-hybridized carbons (Fsp3) is 0.333. The van der Waals surface area contributed by atoms with Gasteiger partial charge in [0.05, 0.1) is 0 Å². The summed E-state index contributed by atoms with van der Waals surface area (Å²) in [6, 6.07) is 9.96. The lowest BCUT2D eigenvalue weighted by Crippen LogP contribution is -2.45. The topological polar surface area (TPSA) is 70.5 Å². The van der Waals surface area contributed by atoms with Gasteiger partial charge in [-0.3, -0.25) is 4.99 Å². The minimum Gasteiger partial charge on any atom is -0.341 e. The third-order valence-electron chi connectivity index (χ3n) is 5.21. The van der Waals surface area contributed by atoms with Crippen molar-refractivity contribution in [3.63, 3.8) is 0 Å². The van der Waals surface area contributed by atoms with Crippen molar-refractivity contribution in [3.8, 4) is 11.4 Å². The van der Waals surface area contributed by atoms with Gasteiger partial charge in [-0.25, -0.2) is 14.8 Å². The van der Waals surface area contributed by atoms with Crippen LogP contribution in [-0.4, -0.2) is 46.7 Å². The molecule has 0 bridgehead atoms. The number of nitrogens with zero attached hydrogens (tertiary/aromatic N) is 4. The molecule has 27 heavy (non-hydrogen) atoms. The first-order chi connectivity index (χ1) is 13.2. The molecule has 6 nitrogen and oxygen atoms in total. The SMILES string of the molecule is CNC(=O)N1CCCC(C2=NC=C(c3cnc(-c4ccccc4)nc3)C2)C1. The smallest absolute Gasteiger partial charge is 0.317 e. The Balaban J connectivity index is 1.41. The molecule has 1 unspecified atom stereocenters. The van der Waals surface area contributed by atoms with Crippen LogP contribution in [0, 0.1) is 5.92 Å². The number of hydrogen-bond donors (Lipinski definition) is 1. The molecule has 1 atom stereocenters. The van der Waals surface area contributed by atoms with E-state index in [9.17, 15) is 4.79 Å². The van der Waals surface area contributed by atoms with Crippen LogP contribution in [0.25, 0.3) is 17.0 Å². The first kappa shape index (κ1) is 17.4. The van der Waals surface area contributed by atoms with Crippen molar-refractivity contribution in [1.29, 1.82) is 0 Å². The molecule has 1 fully saturated rings. The Labute approximate surface area is 159 Å². The van der Waals surface area contributed by atoms with E-state index in [0.717, 1.165) is 60.6 Å². The normalized spacial score (nSPS) is 19.4. The molecule has 0 aliphatic carbocycles. The van der Waals surface area contributed by atoms with E-state index in [2.05, 4.69) is 20.3 Å². The lowest BCUT2D eigenvalue weighted by Gasteiger charge is -2.32. The van der Waals surface area contributed by atoms with Crippen molar-refractivity contribution >= 4 is 17.3 Å². The maximum absolute atomic E-state index is 11.9. The summed E-state index contributed by atoms with van der Waals surface area (Å²) in [5, 5.41) is 2.72. The number of likely N-dealkylation sites (tertiary alicyclic amines) is 1. The maximum atomic E-state index is 11.9. The van der Waals surface area contributed by atoms with Gasteiger partial charge < -0.3 is 10.2 Å². The largest absolute Gasteiger partial charge is 0.341 e. The minimum absolute atomic E-state index is 0.00335. The Morgan fingerprint density at radius 1 is 1.15 bits per heavy atom. The average Bonchev–Trinajstić information content (AvgIpc) is 3.24. The molecule has 2 aliphatic heterocycles. The standard InChI is InChI=1S/C21H23N5O/c1-22-21(27)26-9-5-8-16(14-26)19-10-17(11-23-19)18-12-24-20(25-13-18)15-6-3-2-4-7-15/h2-4,6-7,11-13,16H,5,8-10,14H2,1H3,(H,22,27). The summed E-state index contributed by atoms with van der Waals surface area (Å²) in [5.41, 5.74) is 4.32. The van der Waals surface area contributed by atoms with E-state index in [4.69, 9.17) is 0 Å². The van der Waals surface area contributed by atoms with Gasteiger partial charge in [-0.05, 0) is 18.4 Å². The van der Waals surface area contributed by atoms with Gasteiger partial charge in [-0.1, -0.05) is 30.3 Å². The number of benzene rings is 1. The fourth-order valence-electron chi connectivity index (χ4n) is 3.70. The van der Waals surface area contributed by atoms with E-state index in [0.29, 0.717) is 5.92 Å². The van der Waals surface area contributed by atoms with Gasteiger partial charge in [0.1, 0.15) is 0 Å². The van der Waals surface area contributed by atoms with Crippen LogP contribution in [0.1, 0.15) is 24.8 Å². The second kappa shape index (κ2) is 7.70. The van der Waals surface area contributed by atoms with E-state index in [1.54, 1.807) is 7.05 Å². The van der Waals surface area contributed by atoms with Crippen LogP contribution in [-0.2, 0) is 0 Å². The van der Waals surface area contributed by atoms with Gasteiger partial charge in [-0.15, -0.1) is 0 Å². The van der Waals surface area contributed by atoms with Crippen LogP contribution < -0.4 is 5.32 Å². The number of nitrogens with one attached hydrogen (secondary N) is 1. The van der Waals surface area contributed by atoms with Gasteiger partial charge in [0.25, 0.3) is 0 Å². The average molecular weight is 361 g/mol. The van der Waals surface area contributed by atoms with Crippen LogP contribution in [0.5, 0.6) is 0 Å². The number of carbonyl (C=O) groups excluding carboxylic acids is 1. The Hall–Kier alpha value is -3.02. The fourth-order valence-corrected chi connectivity index (χ4v) is 3.70. The first-order valence-corrected chi connectivity index (χ1v) is 9.34. The monoisotopic (exact) mass is 361 g/mol. The highest BCUT2D eigenvalue weighted by Crippen LogP contribution is 2.29. The molecule has 138 valence electrons. The second-order valence-electron chi connectivity index (χ2n) is 6.95. The van der Waals surface area contributed by atoms with Gasteiger partial charge in [0.15, 0.2) is 5.82 Å². The minimum atomic E-state index is -0.00335. The zero-order valence-corrected chi connectivity index (χ0v) is 15.4. The first-order valence-electron chi connectivity index (χ1n) is 9.34. The highest BCUT2D eigenvalue weighted by atomic mass is 16.2. The molecule has 3 heterocycles. The van der Waals surface area contributed by atoms with Crippen LogP contribution in [0.4, 0.5) is 4.79 Å². The van der Waals surface area contributed by atoms with Gasteiger partial charge in [0.2, 0.25) is 0 Å². The maximum Gasteiger partial charge on any atom is 0.317 e. The molecule has 0 saturated carbocycles.